The fraction of sp³-hybridized carbons (Fsp3) is 0.741. The van der Waals surface area contributed by atoms with Gasteiger partial charge in [0.05, 0.1) is 18.8 Å². The second-order valence-electron chi connectivity index (χ2n) is 11.6. The Hall–Kier alpha value is -1.89. The van der Waals surface area contributed by atoms with Crippen molar-refractivity contribution in [3.8, 4) is 5.75 Å². The second-order valence-corrected chi connectivity index (χ2v) is 11.6. The lowest BCUT2D eigenvalue weighted by molar-refractivity contribution is -0.0142. The highest BCUT2D eigenvalue weighted by Gasteiger charge is 2.51. The van der Waals surface area contributed by atoms with Crippen molar-refractivity contribution in [2.24, 2.45) is 17.8 Å². The average molecular weight is 477 g/mol. The van der Waals surface area contributed by atoms with E-state index in [4.69, 9.17) is 9.47 Å². The van der Waals surface area contributed by atoms with Crippen LogP contribution in [0.5, 0.6) is 5.75 Å². The molecule has 7 heteroatoms. The third-order valence-electron chi connectivity index (χ3n) is 8.38. The van der Waals surface area contributed by atoms with Gasteiger partial charge in [0, 0.05) is 29.3 Å². The Bertz CT molecular complexity index is 840. The maximum Gasteiger partial charge on any atom is 0.315 e. The van der Waals surface area contributed by atoms with Gasteiger partial charge in [-0.1, -0.05) is 0 Å². The molecule has 0 atom stereocenters. The van der Waals surface area contributed by atoms with Crippen LogP contribution in [0.4, 0.5) is 13.6 Å². The Morgan fingerprint density at radius 1 is 1.00 bits per heavy atom. The predicted molar refractivity (Wildman–Crippen MR) is 126 cm³/mol. The lowest BCUT2D eigenvalue weighted by atomic mass is 9.53. The number of carbonyl (C=O) groups excluding carboxylic acids is 1. The van der Waals surface area contributed by atoms with Crippen LogP contribution in [-0.4, -0.2) is 29.8 Å². The molecule has 0 heterocycles. The van der Waals surface area contributed by atoms with E-state index < -0.39 is 11.6 Å². The molecule has 0 spiro atoms. The summed E-state index contributed by atoms with van der Waals surface area (Å²) >= 11 is 0. The van der Waals surface area contributed by atoms with Crippen LogP contribution >= 0.6 is 0 Å². The first-order valence-electron chi connectivity index (χ1n) is 13.1. The van der Waals surface area contributed by atoms with Crippen molar-refractivity contribution in [1.82, 2.24) is 10.6 Å². The van der Waals surface area contributed by atoms with E-state index in [2.05, 4.69) is 10.6 Å². The second kappa shape index (κ2) is 9.63. The number of benzene rings is 1. The summed E-state index contributed by atoms with van der Waals surface area (Å²) < 4.78 is 40.0. The van der Waals surface area contributed by atoms with Gasteiger partial charge in [-0.2, -0.15) is 0 Å². The quantitative estimate of drug-likeness (QED) is 0.519. The van der Waals surface area contributed by atoms with Crippen molar-refractivity contribution in [1.29, 1.82) is 0 Å². The van der Waals surface area contributed by atoms with Gasteiger partial charge in [0.2, 0.25) is 0 Å². The highest BCUT2D eigenvalue weighted by molar-refractivity contribution is 5.75. The van der Waals surface area contributed by atoms with Crippen molar-refractivity contribution in [2.75, 3.05) is 0 Å². The van der Waals surface area contributed by atoms with E-state index in [9.17, 15) is 13.6 Å². The van der Waals surface area contributed by atoms with Gasteiger partial charge in [-0.3, -0.25) is 0 Å². The third kappa shape index (κ3) is 5.34. The summed E-state index contributed by atoms with van der Waals surface area (Å²) in [7, 11) is 0. The molecule has 0 radical (unpaired) electrons. The molecule has 1 aromatic rings. The molecule has 2 amide bonds. The third-order valence-corrected chi connectivity index (χ3v) is 8.38. The van der Waals surface area contributed by atoms with Crippen LogP contribution in [0.2, 0.25) is 0 Å². The minimum absolute atomic E-state index is 0.0169. The standard InChI is InChI=1S/C27H38F2N2O3/c1-16(2)34-22-10-24(28)23(25(29)11-22)15-33-21-5-3-20(4-6-21)30-26(32)31-27-12-17-7-18(13-27)9-19(8-17)14-27/h10-11,16-21H,3-9,12-15H2,1-2H3,(H2,30,31,32)/t17?,18?,19?,20-,21-,27?. The van der Waals surface area contributed by atoms with Gasteiger partial charge in [0.1, 0.15) is 17.4 Å². The summed E-state index contributed by atoms with van der Waals surface area (Å²) in [6.45, 7) is 3.52. The minimum atomic E-state index is -0.646. The molecule has 2 N–H and O–H groups in total. The summed E-state index contributed by atoms with van der Waals surface area (Å²) in [4.78, 5) is 12.8. The number of amides is 2. The smallest absolute Gasteiger partial charge is 0.315 e. The molecule has 6 rings (SSSR count). The largest absolute Gasteiger partial charge is 0.491 e. The number of hydrogen-bond donors (Lipinski definition) is 2. The topological polar surface area (TPSA) is 59.6 Å². The van der Waals surface area contributed by atoms with E-state index in [-0.39, 0.29) is 47.7 Å². The van der Waals surface area contributed by atoms with Gasteiger partial charge in [0.25, 0.3) is 0 Å². The Balaban J connectivity index is 1.06. The Morgan fingerprint density at radius 3 is 2.09 bits per heavy atom. The Morgan fingerprint density at radius 2 is 1.56 bits per heavy atom. The van der Waals surface area contributed by atoms with E-state index >= 15 is 0 Å². The average Bonchev–Trinajstić information content (AvgIpc) is 2.72. The predicted octanol–water partition coefficient (Wildman–Crippen LogP) is 5.85. The number of nitrogens with one attached hydrogen (secondary N) is 2. The maximum atomic E-state index is 14.4. The van der Waals surface area contributed by atoms with Crippen molar-refractivity contribution >= 4 is 6.03 Å². The van der Waals surface area contributed by atoms with Gasteiger partial charge >= 0.3 is 6.03 Å². The van der Waals surface area contributed by atoms with E-state index in [1.54, 1.807) is 0 Å². The number of hydrogen-bond acceptors (Lipinski definition) is 3. The van der Waals surface area contributed by atoms with Crippen LogP contribution in [0.25, 0.3) is 0 Å². The van der Waals surface area contributed by atoms with Crippen molar-refractivity contribution in [3.05, 3.63) is 29.3 Å². The zero-order chi connectivity index (χ0) is 23.9. The molecule has 5 aliphatic rings. The molecule has 1 aromatic carbocycles. The minimum Gasteiger partial charge on any atom is -0.491 e. The number of halogens is 2. The summed E-state index contributed by atoms with van der Waals surface area (Å²) in [6, 6.07) is 2.52. The molecular formula is C27H38F2N2O3. The first-order valence-corrected chi connectivity index (χ1v) is 13.1. The maximum absolute atomic E-state index is 14.4. The highest BCUT2D eigenvalue weighted by atomic mass is 19.1. The van der Waals surface area contributed by atoms with Gasteiger partial charge in [-0.05, 0) is 95.8 Å². The molecule has 5 fully saturated rings. The van der Waals surface area contributed by atoms with Crippen LogP contribution in [0.1, 0.15) is 83.6 Å². The van der Waals surface area contributed by atoms with E-state index in [1.807, 2.05) is 13.8 Å². The number of ether oxygens (including phenoxy) is 2. The summed E-state index contributed by atoms with van der Waals surface area (Å²) in [5.74, 6) is 1.29. The first kappa shape index (κ1) is 23.8. The number of urea groups is 1. The molecule has 34 heavy (non-hydrogen) atoms. The lowest BCUT2D eigenvalue weighted by Gasteiger charge is -2.56. The van der Waals surface area contributed by atoms with Crippen LogP contribution in [0, 0.1) is 29.4 Å². The molecule has 5 aliphatic carbocycles. The normalized spacial score (nSPS) is 34.3. The van der Waals surface area contributed by atoms with Crippen LogP contribution in [-0.2, 0) is 11.3 Å². The molecule has 0 aliphatic heterocycles. The number of carbonyl (C=O) groups is 1. The van der Waals surface area contributed by atoms with E-state index in [1.165, 1.54) is 31.4 Å². The molecule has 0 unspecified atom stereocenters. The summed E-state index contributed by atoms with van der Waals surface area (Å²) in [5, 5.41) is 6.57. The van der Waals surface area contributed by atoms with Crippen molar-refractivity contribution < 1.29 is 23.0 Å². The molecule has 188 valence electrons. The molecule has 4 bridgehead atoms. The fourth-order valence-corrected chi connectivity index (χ4v) is 7.36. The zero-order valence-electron chi connectivity index (χ0n) is 20.4. The molecule has 5 nitrogen and oxygen atoms in total. The summed E-state index contributed by atoms with van der Waals surface area (Å²) in [6.07, 6.45) is 10.4. The Labute approximate surface area is 201 Å². The molecule has 0 saturated heterocycles. The van der Waals surface area contributed by atoms with E-state index in [0.29, 0.717) is 0 Å². The first-order chi connectivity index (χ1) is 16.3. The van der Waals surface area contributed by atoms with Crippen LogP contribution in [0.15, 0.2) is 12.1 Å². The Kier molecular flexibility index (Phi) is 6.75. The van der Waals surface area contributed by atoms with Gasteiger partial charge < -0.3 is 20.1 Å². The van der Waals surface area contributed by atoms with Crippen LogP contribution in [0.3, 0.4) is 0 Å². The van der Waals surface area contributed by atoms with Crippen molar-refractivity contribution in [2.45, 2.75) is 108 Å². The monoisotopic (exact) mass is 476 g/mol. The van der Waals surface area contributed by atoms with Crippen LogP contribution < -0.4 is 15.4 Å². The number of rotatable bonds is 7. The molecule has 0 aromatic heterocycles. The zero-order valence-corrected chi connectivity index (χ0v) is 20.4. The SMILES string of the molecule is CC(C)Oc1cc(F)c(CO[C@H]2CC[C@H](NC(=O)NC34CC5CC(CC(C5)C3)C4)CC2)c(F)c1. The van der Waals surface area contributed by atoms with E-state index in [0.717, 1.165) is 62.7 Å². The molecule has 5 saturated carbocycles. The van der Waals surface area contributed by atoms with Gasteiger partial charge in [0.15, 0.2) is 0 Å². The highest BCUT2D eigenvalue weighted by Crippen LogP contribution is 2.55. The van der Waals surface area contributed by atoms with Crippen molar-refractivity contribution in [3.63, 3.8) is 0 Å². The molecular weight excluding hydrogens is 438 g/mol. The fourth-order valence-electron chi connectivity index (χ4n) is 7.36. The van der Waals surface area contributed by atoms with Gasteiger partial charge in [-0.25, -0.2) is 13.6 Å². The van der Waals surface area contributed by atoms with Gasteiger partial charge in [-0.15, -0.1) is 0 Å². The summed E-state index contributed by atoms with van der Waals surface area (Å²) in [5.41, 5.74) is -0.0467. The lowest BCUT2D eigenvalue weighted by Crippen LogP contribution is -2.62.